The molecule has 0 aliphatic heterocycles. The number of hydrogen-bond acceptors (Lipinski definition) is 4. The zero-order valence-electron chi connectivity index (χ0n) is 12.8. The van der Waals surface area contributed by atoms with Crippen molar-refractivity contribution >= 4 is 11.9 Å². The number of nitrogens with one attached hydrogen (secondary N) is 1. The fourth-order valence-corrected chi connectivity index (χ4v) is 2.31. The average molecular weight is 302 g/mol. The van der Waals surface area contributed by atoms with Crippen LogP contribution >= 0.6 is 0 Å². The molecule has 22 heavy (non-hydrogen) atoms. The number of amides is 1. The van der Waals surface area contributed by atoms with E-state index in [2.05, 4.69) is 15.6 Å². The normalized spacial score (nSPS) is 10.5. The van der Waals surface area contributed by atoms with Crippen LogP contribution in [-0.4, -0.2) is 39.0 Å². The van der Waals surface area contributed by atoms with E-state index in [1.165, 1.54) is 4.68 Å². The van der Waals surface area contributed by atoms with E-state index < -0.39 is 5.97 Å². The molecule has 0 aliphatic rings. The van der Waals surface area contributed by atoms with Crippen molar-refractivity contribution in [3.05, 3.63) is 40.7 Å². The Kier molecular flexibility index (Phi) is 4.55. The van der Waals surface area contributed by atoms with Gasteiger partial charge in [0.25, 0.3) is 5.91 Å². The molecular formula is C15H18N4O3. The smallest absolute Gasteiger partial charge is 0.358 e. The number of benzene rings is 1. The zero-order valence-corrected chi connectivity index (χ0v) is 12.8. The number of carboxylic acid groups (broad SMARTS) is 1. The number of carbonyl (C=O) groups is 2. The third-order valence-corrected chi connectivity index (χ3v) is 3.38. The second kappa shape index (κ2) is 6.38. The van der Waals surface area contributed by atoms with Crippen LogP contribution in [0.5, 0.6) is 0 Å². The van der Waals surface area contributed by atoms with Gasteiger partial charge in [0.15, 0.2) is 5.69 Å². The number of rotatable bonds is 5. The van der Waals surface area contributed by atoms with Crippen LogP contribution in [-0.2, 0) is 6.42 Å². The molecule has 0 spiro atoms. The van der Waals surface area contributed by atoms with Crippen LogP contribution in [0, 0.1) is 6.92 Å². The molecule has 0 aliphatic carbocycles. The van der Waals surface area contributed by atoms with Crippen molar-refractivity contribution in [3.8, 4) is 5.69 Å². The molecule has 0 radical (unpaired) electrons. The zero-order chi connectivity index (χ0) is 16.3. The summed E-state index contributed by atoms with van der Waals surface area (Å²) < 4.78 is 1.52. The minimum Gasteiger partial charge on any atom is -0.476 e. The van der Waals surface area contributed by atoms with Crippen LogP contribution in [0.15, 0.2) is 18.2 Å². The Balaban J connectivity index is 2.50. The third kappa shape index (κ3) is 2.83. The first kappa shape index (κ1) is 15.7. The van der Waals surface area contributed by atoms with E-state index in [4.69, 9.17) is 0 Å². The van der Waals surface area contributed by atoms with Crippen LogP contribution in [0.25, 0.3) is 5.69 Å². The first-order valence-electron chi connectivity index (χ1n) is 7.00. The van der Waals surface area contributed by atoms with E-state index in [0.29, 0.717) is 23.4 Å². The average Bonchev–Trinajstić information content (AvgIpc) is 2.90. The van der Waals surface area contributed by atoms with E-state index >= 15 is 0 Å². The molecule has 1 heterocycles. The molecule has 0 atom stereocenters. The highest BCUT2D eigenvalue weighted by Gasteiger charge is 2.19. The van der Waals surface area contributed by atoms with Gasteiger partial charge in [0, 0.05) is 12.6 Å². The molecule has 116 valence electrons. The lowest BCUT2D eigenvalue weighted by Gasteiger charge is -2.09. The molecule has 0 saturated heterocycles. The number of hydrogen-bond donors (Lipinski definition) is 2. The fourth-order valence-electron chi connectivity index (χ4n) is 2.31. The molecule has 1 amide bonds. The highest BCUT2D eigenvalue weighted by atomic mass is 16.4. The molecule has 2 aromatic rings. The predicted molar refractivity (Wildman–Crippen MR) is 80.4 cm³/mol. The summed E-state index contributed by atoms with van der Waals surface area (Å²) in [5, 5.41) is 19.5. The van der Waals surface area contributed by atoms with E-state index in [0.717, 1.165) is 12.0 Å². The van der Waals surface area contributed by atoms with E-state index in [-0.39, 0.29) is 11.6 Å². The van der Waals surface area contributed by atoms with Gasteiger partial charge in [0.2, 0.25) is 0 Å². The third-order valence-electron chi connectivity index (χ3n) is 3.38. The SMILES string of the molecule is CCCc1c(C(=O)O)nnn1-c1ccc(C(=O)NC)c(C)c1. The van der Waals surface area contributed by atoms with Gasteiger partial charge in [-0.3, -0.25) is 4.79 Å². The fraction of sp³-hybridized carbons (Fsp3) is 0.333. The van der Waals surface area contributed by atoms with E-state index in [1.807, 2.05) is 13.8 Å². The lowest BCUT2D eigenvalue weighted by atomic mass is 10.1. The summed E-state index contributed by atoms with van der Waals surface area (Å²) in [6, 6.07) is 5.22. The Bertz CT molecular complexity index is 722. The Morgan fingerprint density at radius 2 is 2.09 bits per heavy atom. The standard InChI is InChI=1S/C15H18N4O3/c1-4-5-12-13(15(21)22)17-18-19(12)10-6-7-11(9(2)8-10)14(20)16-3/h6-8H,4-5H2,1-3H3,(H,16,20)(H,21,22). The number of nitrogens with zero attached hydrogens (tertiary/aromatic N) is 3. The number of carboxylic acids is 1. The molecule has 7 nitrogen and oxygen atoms in total. The number of aryl methyl sites for hydroxylation is 1. The van der Waals surface area contributed by atoms with E-state index in [1.54, 1.807) is 25.2 Å². The minimum absolute atomic E-state index is 0.0325. The molecule has 0 fully saturated rings. The molecule has 2 rings (SSSR count). The summed E-state index contributed by atoms with van der Waals surface area (Å²) in [5.41, 5.74) is 2.57. The second-order valence-electron chi connectivity index (χ2n) is 4.93. The quantitative estimate of drug-likeness (QED) is 0.874. The van der Waals surface area contributed by atoms with Gasteiger partial charge in [0.05, 0.1) is 11.4 Å². The molecule has 1 aromatic carbocycles. The number of aromatic carboxylic acids is 1. The van der Waals surface area contributed by atoms with Crippen LogP contribution < -0.4 is 5.32 Å². The van der Waals surface area contributed by atoms with Crippen LogP contribution in [0.1, 0.15) is 45.4 Å². The first-order chi connectivity index (χ1) is 10.5. The van der Waals surface area contributed by atoms with Crippen molar-refractivity contribution in [1.82, 2.24) is 20.3 Å². The summed E-state index contributed by atoms with van der Waals surface area (Å²) in [6.07, 6.45) is 1.34. The molecule has 0 unspecified atom stereocenters. The Hall–Kier alpha value is -2.70. The summed E-state index contributed by atoms with van der Waals surface area (Å²) >= 11 is 0. The molecular weight excluding hydrogens is 284 g/mol. The van der Waals surface area contributed by atoms with Gasteiger partial charge in [-0.2, -0.15) is 0 Å². The monoisotopic (exact) mass is 302 g/mol. The largest absolute Gasteiger partial charge is 0.476 e. The van der Waals surface area contributed by atoms with E-state index in [9.17, 15) is 14.7 Å². The Labute approximate surface area is 128 Å². The Morgan fingerprint density at radius 3 is 2.64 bits per heavy atom. The van der Waals surface area contributed by atoms with Crippen molar-refractivity contribution < 1.29 is 14.7 Å². The second-order valence-corrected chi connectivity index (χ2v) is 4.93. The highest BCUT2D eigenvalue weighted by molar-refractivity contribution is 5.95. The number of carbonyl (C=O) groups excluding carboxylic acids is 1. The highest BCUT2D eigenvalue weighted by Crippen LogP contribution is 2.18. The first-order valence-corrected chi connectivity index (χ1v) is 7.00. The summed E-state index contributed by atoms with van der Waals surface area (Å²) in [7, 11) is 1.57. The van der Waals surface area contributed by atoms with Crippen LogP contribution in [0.4, 0.5) is 0 Å². The lowest BCUT2D eigenvalue weighted by Crippen LogP contribution is -2.19. The molecule has 7 heteroatoms. The van der Waals surface area contributed by atoms with Gasteiger partial charge < -0.3 is 10.4 Å². The van der Waals surface area contributed by atoms with Crippen molar-refractivity contribution in [2.24, 2.45) is 0 Å². The summed E-state index contributed by atoms with van der Waals surface area (Å²) in [4.78, 5) is 22.9. The van der Waals surface area contributed by atoms with Crippen LogP contribution in [0.3, 0.4) is 0 Å². The van der Waals surface area contributed by atoms with Crippen molar-refractivity contribution in [3.63, 3.8) is 0 Å². The topological polar surface area (TPSA) is 97.1 Å². The van der Waals surface area contributed by atoms with Gasteiger partial charge in [-0.1, -0.05) is 18.6 Å². The maximum absolute atomic E-state index is 11.7. The molecule has 0 bridgehead atoms. The predicted octanol–water partition coefficient (Wildman–Crippen LogP) is 1.59. The summed E-state index contributed by atoms with van der Waals surface area (Å²) in [5.74, 6) is -1.25. The maximum atomic E-state index is 11.7. The van der Waals surface area contributed by atoms with Gasteiger partial charge in [-0.05, 0) is 37.1 Å². The minimum atomic E-state index is -1.09. The molecule has 2 N–H and O–H groups in total. The molecule has 0 saturated carbocycles. The van der Waals surface area contributed by atoms with Crippen molar-refractivity contribution in [2.45, 2.75) is 26.7 Å². The maximum Gasteiger partial charge on any atom is 0.358 e. The van der Waals surface area contributed by atoms with Gasteiger partial charge >= 0.3 is 5.97 Å². The van der Waals surface area contributed by atoms with Gasteiger partial charge in [0.1, 0.15) is 0 Å². The van der Waals surface area contributed by atoms with Gasteiger partial charge in [-0.15, -0.1) is 5.10 Å². The Morgan fingerprint density at radius 1 is 1.36 bits per heavy atom. The van der Waals surface area contributed by atoms with Crippen LogP contribution in [0.2, 0.25) is 0 Å². The van der Waals surface area contributed by atoms with Crippen molar-refractivity contribution in [2.75, 3.05) is 7.05 Å². The molecule has 1 aromatic heterocycles. The van der Waals surface area contributed by atoms with Crippen molar-refractivity contribution in [1.29, 1.82) is 0 Å². The van der Waals surface area contributed by atoms with Gasteiger partial charge in [-0.25, -0.2) is 9.48 Å². The lowest BCUT2D eigenvalue weighted by molar-refractivity contribution is 0.0689. The number of aromatic nitrogens is 3. The summed E-state index contributed by atoms with van der Waals surface area (Å²) in [6.45, 7) is 3.78.